The number of fused-ring (bicyclic) bond motifs is 2. The number of carbonyl (C=O) groups is 2. The number of halogens is 6. The highest BCUT2D eigenvalue weighted by atomic mass is 32.1. The Labute approximate surface area is 403 Å². The van der Waals surface area contributed by atoms with Gasteiger partial charge in [0, 0.05) is 50.0 Å². The first kappa shape index (κ1) is 50.7. The maximum atomic E-state index is 13.2. The van der Waals surface area contributed by atoms with Crippen LogP contribution in [0, 0.1) is 5.92 Å². The monoisotopic (exact) mass is 996 g/mol. The molecule has 6 aromatic rings. The molecule has 0 saturated heterocycles. The van der Waals surface area contributed by atoms with Crippen LogP contribution >= 0.6 is 22.7 Å². The van der Waals surface area contributed by atoms with Crippen LogP contribution in [0.1, 0.15) is 91.6 Å². The molecule has 0 bridgehead atoms. The molecule has 2 aliphatic rings. The Hall–Kier alpha value is -6.22. The van der Waals surface area contributed by atoms with E-state index in [1.54, 1.807) is 22.9 Å². The van der Waals surface area contributed by atoms with Gasteiger partial charge in [0.1, 0.15) is 21.4 Å². The van der Waals surface area contributed by atoms with Crippen LogP contribution in [0.3, 0.4) is 0 Å². The molecule has 2 aromatic heterocycles. The smallest absolute Gasteiger partial charge is 0.416 e. The Morgan fingerprint density at radius 1 is 0.594 bits per heavy atom. The predicted octanol–water partition coefficient (Wildman–Crippen LogP) is 10.7. The van der Waals surface area contributed by atoms with Gasteiger partial charge in [0.25, 0.3) is 11.8 Å². The average molecular weight is 997 g/mol. The fourth-order valence-electron chi connectivity index (χ4n) is 7.21. The van der Waals surface area contributed by atoms with Gasteiger partial charge in [0.05, 0.1) is 24.2 Å². The number of ether oxygens (including phenoxy) is 4. The lowest BCUT2D eigenvalue weighted by Crippen LogP contribution is -2.27. The number of hydrogen-bond acceptors (Lipinski definition) is 12. The van der Waals surface area contributed by atoms with Gasteiger partial charge in [-0.25, -0.2) is 9.97 Å². The van der Waals surface area contributed by atoms with Crippen molar-refractivity contribution < 1.29 is 54.9 Å². The minimum absolute atomic E-state index is 0.160. The lowest BCUT2D eigenvalue weighted by molar-refractivity contribution is -0.138. The van der Waals surface area contributed by atoms with Gasteiger partial charge >= 0.3 is 12.4 Å². The molecule has 12 nitrogen and oxygen atoms in total. The van der Waals surface area contributed by atoms with Crippen molar-refractivity contribution in [3.63, 3.8) is 0 Å². The molecule has 2 amide bonds. The second-order valence-corrected chi connectivity index (χ2v) is 18.6. The van der Waals surface area contributed by atoms with Crippen molar-refractivity contribution in [2.24, 2.45) is 5.92 Å². The molecule has 4 heterocycles. The van der Waals surface area contributed by atoms with Gasteiger partial charge in [-0.05, 0) is 71.0 Å². The second-order valence-electron chi connectivity index (χ2n) is 16.7. The summed E-state index contributed by atoms with van der Waals surface area (Å²) < 4.78 is 101. The van der Waals surface area contributed by atoms with Crippen molar-refractivity contribution in [2.75, 3.05) is 26.7 Å². The summed E-state index contributed by atoms with van der Waals surface area (Å²) in [5.41, 5.74) is 2.23. The van der Waals surface area contributed by atoms with E-state index in [9.17, 15) is 35.9 Å². The number of benzene rings is 4. The maximum absolute atomic E-state index is 13.2. The van der Waals surface area contributed by atoms with E-state index in [4.69, 9.17) is 18.9 Å². The quantitative estimate of drug-likeness (QED) is 0.0804. The van der Waals surface area contributed by atoms with Crippen molar-refractivity contribution in [3.05, 3.63) is 150 Å². The summed E-state index contributed by atoms with van der Waals surface area (Å²) >= 11 is 2.70. The molecule has 0 spiro atoms. The number of alkyl halides is 6. The fraction of sp³-hybridized carbons (Fsp3) is 0.347. The summed E-state index contributed by atoms with van der Waals surface area (Å²) in [6, 6.07) is 21.8. The van der Waals surface area contributed by atoms with E-state index in [2.05, 4.69) is 20.6 Å². The highest BCUT2D eigenvalue weighted by Crippen LogP contribution is 2.36. The number of thiazole rings is 2. The second kappa shape index (κ2) is 22.9. The van der Waals surface area contributed by atoms with Crippen LogP contribution in [-0.4, -0.2) is 58.3 Å². The highest BCUT2D eigenvalue weighted by molar-refractivity contribution is 7.10. The summed E-state index contributed by atoms with van der Waals surface area (Å²) in [6.45, 7) is 9.60. The van der Waals surface area contributed by atoms with Crippen molar-refractivity contribution in [1.82, 2.24) is 30.4 Å². The van der Waals surface area contributed by atoms with Crippen molar-refractivity contribution in [1.29, 1.82) is 0 Å². The number of hydrogen-bond donors (Lipinski definition) is 2. The summed E-state index contributed by atoms with van der Waals surface area (Å²) in [4.78, 5) is 37.4. The molecule has 2 aliphatic heterocycles. The zero-order valence-electron chi connectivity index (χ0n) is 37.9. The predicted molar refractivity (Wildman–Crippen MR) is 248 cm³/mol. The number of amides is 2. The topological polar surface area (TPSA) is 127 Å². The van der Waals surface area contributed by atoms with Crippen molar-refractivity contribution >= 4 is 34.5 Å². The van der Waals surface area contributed by atoms with Gasteiger partial charge in [0.15, 0.2) is 23.0 Å². The normalized spacial score (nSPS) is 12.9. The first-order chi connectivity index (χ1) is 33.0. The largest absolute Gasteiger partial charge is 0.454 e. The number of nitrogens with zero attached hydrogens (tertiary/aromatic N) is 4. The molecular weight excluding hydrogens is 947 g/mol. The fourth-order valence-corrected chi connectivity index (χ4v) is 8.84. The first-order valence-electron chi connectivity index (χ1n) is 22.0. The minimum atomic E-state index is -4.41. The molecule has 0 unspecified atom stereocenters. The minimum Gasteiger partial charge on any atom is -0.454 e. The summed E-state index contributed by atoms with van der Waals surface area (Å²) in [6.07, 6.45) is -8.00. The third-order valence-electron chi connectivity index (χ3n) is 10.5. The zero-order valence-corrected chi connectivity index (χ0v) is 39.5. The number of carbonyl (C=O) groups excluding carboxylic acids is 2. The molecule has 69 heavy (non-hydrogen) atoms. The van der Waals surface area contributed by atoms with E-state index in [1.165, 1.54) is 40.9 Å². The molecule has 20 heteroatoms. The average Bonchev–Trinajstić information content (AvgIpc) is 4.16. The van der Waals surface area contributed by atoms with Gasteiger partial charge in [-0.3, -0.25) is 19.4 Å². The lowest BCUT2D eigenvalue weighted by atomic mass is 10.1. The Bertz CT molecular complexity index is 2690. The summed E-state index contributed by atoms with van der Waals surface area (Å²) in [5, 5.41) is 10.5. The summed E-state index contributed by atoms with van der Waals surface area (Å²) in [7, 11) is 0. The van der Waals surface area contributed by atoms with Gasteiger partial charge < -0.3 is 29.6 Å². The van der Waals surface area contributed by atoms with Gasteiger partial charge in [-0.2, -0.15) is 26.3 Å². The SMILES string of the molecule is CC(C)CNC(=O)c1csc(CN(Cc2cccc(C(F)(F)F)c2)Cc2ccc3c(c2)OCO3)n1.CCCNC(=O)c1csc(CN(Cc2cccc(C(F)(F)F)c2)Cc2ccc3c(c2)OCO3)n1. The van der Waals surface area contributed by atoms with Crippen LogP contribution in [0.15, 0.2) is 95.7 Å². The van der Waals surface area contributed by atoms with E-state index < -0.39 is 23.5 Å². The van der Waals surface area contributed by atoms with E-state index in [1.807, 2.05) is 67.0 Å². The van der Waals surface area contributed by atoms with Crippen LogP contribution in [0.4, 0.5) is 26.3 Å². The Morgan fingerprint density at radius 2 is 1.01 bits per heavy atom. The lowest BCUT2D eigenvalue weighted by Gasteiger charge is -2.22. The third kappa shape index (κ3) is 14.6. The number of rotatable bonds is 18. The van der Waals surface area contributed by atoms with E-state index >= 15 is 0 Å². The standard InChI is InChI=1S/C25H26F3N3O3S.C24H24F3N3O3S/c1-16(2)10-29-24(32)20-14-35-23(30-20)13-31(11-17-4-3-5-19(8-17)25(26,27)28)12-18-6-7-21-22(9-18)34-15-33-21;1-2-8-28-23(31)19-14-34-22(29-19)13-30(11-16-4-3-5-18(9-16)24(25,26)27)12-17-6-7-20-21(10-17)33-15-32-20/h3-9,14,16H,10-13,15H2,1-2H3,(H,29,32);3-7,9-10,14H,2,8,11-13,15H2,1H3,(H,28,31). The van der Waals surface area contributed by atoms with Crippen LogP contribution in [0.25, 0.3) is 0 Å². The maximum Gasteiger partial charge on any atom is 0.416 e. The van der Waals surface area contributed by atoms with Gasteiger partial charge in [-0.1, -0.05) is 69.3 Å². The molecule has 0 radical (unpaired) electrons. The molecule has 2 N–H and O–H groups in total. The van der Waals surface area contributed by atoms with E-state index in [0.717, 1.165) is 35.7 Å². The number of aromatic nitrogens is 2. The van der Waals surface area contributed by atoms with Crippen LogP contribution in [0.5, 0.6) is 23.0 Å². The molecule has 366 valence electrons. The molecule has 8 rings (SSSR count). The van der Waals surface area contributed by atoms with Crippen LogP contribution in [0.2, 0.25) is 0 Å². The Kier molecular flexibility index (Phi) is 16.8. The highest BCUT2D eigenvalue weighted by Gasteiger charge is 2.32. The molecular formula is C49H50F6N6O6S2. The van der Waals surface area contributed by atoms with E-state index in [0.29, 0.717) is 101 Å². The zero-order chi connectivity index (χ0) is 49.1. The Balaban J connectivity index is 0.000000204. The van der Waals surface area contributed by atoms with Gasteiger partial charge in [-0.15, -0.1) is 22.7 Å². The molecule has 0 aliphatic carbocycles. The molecule has 4 aromatic carbocycles. The van der Waals surface area contributed by atoms with Crippen LogP contribution in [-0.2, 0) is 51.6 Å². The third-order valence-corrected chi connectivity index (χ3v) is 12.2. The number of nitrogens with one attached hydrogen (secondary N) is 2. The van der Waals surface area contributed by atoms with Crippen molar-refractivity contribution in [2.45, 2.75) is 78.8 Å². The van der Waals surface area contributed by atoms with Crippen molar-refractivity contribution in [3.8, 4) is 23.0 Å². The molecule has 0 atom stereocenters. The molecule has 0 fully saturated rings. The first-order valence-corrected chi connectivity index (χ1v) is 23.7. The van der Waals surface area contributed by atoms with E-state index in [-0.39, 0.29) is 38.5 Å². The Morgan fingerprint density at radius 3 is 1.43 bits per heavy atom. The summed E-state index contributed by atoms with van der Waals surface area (Å²) in [5.74, 6) is 2.46. The molecule has 0 saturated carbocycles. The van der Waals surface area contributed by atoms with Crippen LogP contribution < -0.4 is 29.6 Å². The van der Waals surface area contributed by atoms with Gasteiger partial charge in [0.2, 0.25) is 13.6 Å².